The molecular weight excluding hydrogens is 402 g/mol. The van der Waals surface area contributed by atoms with Crippen LogP contribution in [0.25, 0.3) is 0 Å². The van der Waals surface area contributed by atoms with E-state index in [0.717, 1.165) is 17.7 Å². The van der Waals surface area contributed by atoms with E-state index in [2.05, 4.69) is 10.3 Å². The molecule has 1 N–H and O–H groups in total. The van der Waals surface area contributed by atoms with Gasteiger partial charge in [-0.1, -0.05) is 17.7 Å². The van der Waals surface area contributed by atoms with E-state index in [4.69, 9.17) is 9.47 Å². The molecule has 0 bridgehead atoms. The number of aryl methyl sites for hydroxylation is 1. The summed E-state index contributed by atoms with van der Waals surface area (Å²) < 4.78 is 36.5. The predicted molar refractivity (Wildman–Crippen MR) is 103 cm³/mol. The van der Waals surface area contributed by atoms with Gasteiger partial charge in [-0.25, -0.2) is 18.6 Å². The van der Waals surface area contributed by atoms with Crippen molar-refractivity contribution in [1.29, 1.82) is 0 Å². The van der Waals surface area contributed by atoms with Gasteiger partial charge in [-0.15, -0.1) is 11.3 Å². The van der Waals surface area contributed by atoms with Crippen LogP contribution in [0, 0.1) is 18.6 Å². The van der Waals surface area contributed by atoms with E-state index in [-0.39, 0.29) is 18.0 Å². The zero-order chi connectivity index (χ0) is 20.8. The third kappa shape index (κ3) is 5.82. The molecule has 1 aromatic heterocycles. The van der Waals surface area contributed by atoms with Crippen LogP contribution in [0.5, 0.6) is 5.75 Å². The fourth-order valence-electron chi connectivity index (χ4n) is 2.23. The number of hydrogen-bond donors (Lipinski definition) is 1. The molecule has 6 nitrogen and oxygen atoms in total. The Morgan fingerprint density at radius 1 is 1.10 bits per heavy atom. The number of nitrogens with one attached hydrogen (secondary N) is 1. The molecule has 0 saturated carbocycles. The number of thiazole rings is 1. The lowest BCUT2D eigenvalue weighted by molar-refractivity contribution is -0.119. The lowest BCUT2D eigenvalue weighted by Gasteiger charge is -2.06. The lowest BCUT2D eigenvalue weighted by Crippen LogP contribution is -2.21. The number of carbonyl (C=O) groups excluding carboxylic acids is 2. The van der Waals surface area contributed by atoms with Crippen molar-refractivity contribution in [3.05, 3.63) is 75.7 Å². The monoisotopic (exact) mass is 418 g/mol. The van der Waals surface area contributed by atoms with Gasteiger partial charge in [0, 0.05) is 17.1 Å². The molecule has 1 amide bonds. The molecule has 2 aromatic carbocycles. The van der Waals surface area contributed by atoms with Crippen LogP contribution in [0.2, 0.25) is 0 Å². The van der Waals surface area contributed by atoms with Gasteiger partial charge in [0.1, 0.15) is 17.4 Å². The normalized spacial score (nSPS) is 10.4. The second-order valence-electron chi connectivity index (χ2n) is 5.98. The van der Waals surface area contributed by atoms with Gasteiger partial charge >= 0.3 is 5.97 Å². The van der Waals surface area contributed by atoms with Crippen molar-refractivity contribution in [2.24, 2.45) is 0 Å². The van der Waals surface area contributed by atoms with Crippen LogP contribution in [0.1, 0.15) is 21.1 Å². The van der Waals surface area contributed by atoms with E-state index in [0.29, 0.717) is 10.8 Å². The number of amides is 1. The summed E-state index contributed by atoms with van der Waals surface area (Å²) in [6, 6.07) is 10.4. The van der Waals surface area contributed by atoms with Crippen LogP contribution in [-0.2, 0) is 16.1 Å². The van der Waals surface area contributed by atoms with Crippen molar-refractivity contribution < 1.29 is 27.8 Å². The Labute approximate surface area is 169 Å². The number of carbonyl (C=O) groups is 2. The quantitative estimate of drug-likeness (QED) is 0.585. The lowest BCUT2D eigenvalue weighted by atomic mass is 10.2. The van der Waals surface area contributed by atoms with Gasteiger partial charge in [-0.3, -0.25) is 4.79 Å². The molecule has 0 unspecified atom stereocenters. The Kier molecular flexibility index (Phi) is 6.50. The molecule has 0 aliphatic rings. The van der Waals surface area contributed by atoms with E-state index < -0.39 is 30.1 Å². The average Bonchev–Trinajstić information content (AvgIpc) is 3.18. The molecule has 0 atom stereocenters. The molecule has 3 aromatic rings. The topological polar surface area (TPSA) is 77.5 Å². The standard InChI is InChI=1S/C20H16F2N2O4S/c1-12-2-5-14(6-3-12)27-10-19-24-17(11-29-19)20(26)28-9-18(25)23-13-4-7-15(21)16(22)8-13/h2-8,11H,9-10H2,1H3,(H,23,25). The third-order valence-corrected chi connectivity index (χ3v) is 4.50. The van der Waals surface area contributed by atoms with Crippen molar-refractivity contribution in [1.82, 2.24) is 4.98 Å². The summed E-state index contributed by atoms with van der Waals surface area (Å²) in [6.07, 6.45) is 0. The molecule has 150 valence electrons. The van der Waals surface area contributed by atoms with Crippen molar-refractivity contribution in [3.63, 3.8) is 0 Å². The summed E-state index contributed by atoms with van der Waals surface area (Å²) in [6.45, 7) is 1.57. The highest BCUT2D eigenvalue weighted by Gasteiger charge is 2.15. The smallest absolute Gasteiger partial charge is 0.358 e. The van der Waals surface area contributed by atoms with Crippen LogP contribution in [0.4, 0.5) is 14.5 Å². The molecule has 0 fully saturated rings. The second-order valence-corrected chi connectivity index (χ2v) is 6.92. The Balaban J connectivity index is 1.47. The predicted octanol–water partition coefficient (Wildman–Crippen LogP) is 4.10. The van der Waals surface area contributed by atoms with Crippen LogP contribution in [0.3, 0.4) is 0 Å². The van der Waals surface area contributed by atoms with Crippen molar-refractivity contribution in [3.8, 4) is 5.75 Å². The maximum atomic E-state index is 13.1. The van der Waals surface area contributed by atoms with Gasteiger partial charge in [0.05, 0.1) is 0 Å². The summed E-state index contributed by atoms with van der Waals surface area (Å²) in [5.74, 6) is -2.91. The summed E-state index contributed by atoms with van der Waals surface area (Å²) in [7, 11) is 0. The maximum absolute atomic E-state index is 13.1. The Bertz CT molecular complexity index is 1020. The number of hydrogen-bond acceptors (Lipinski definition) is 6. The van der Waals surface area contributed by atoms with Gasteiger partial charge in [0.25, 0.3) is 5.91 Å². The molecule has 0 aliphatic carbocycles. The van der Waals surface area contributed by atoms with E-state index in [1.165, 1.54) is 22.8 Å². The van der Waals surface area contributed by atoms with Crippen molar-refractivity contribution in [2.45, 2.75) is 13.5 Å². The number of esters is 1. The Hall–Kier alpha value is -3.33. The SMILES string of the molecule is Cc1ccc(OCc2nc(C(=O)OCC(=O)Nc3ccc(F)c(F)c3)cs2)cc1. The van der Waals surface area contributed by atoms with Crippen molar-refractivity contribution >= 4 is 28.9 Å². The molecule has 29 heavy (non-hydrogen) atoms. The molecule has 0 spiro atoms. The zero-order valence-corrected chi connectivity index (χ0v) is 16.1. The highest BCUT2D eigenvalue weighted by molar-refractivity contribution is 7.09. The minimum atomic E-state index is -1.09. The minimum Gasteiger partial charge on any atom is -0.486 e. The highest BCUT2D eigenvalue weighted by Crippen LogP contribution is 2.17. The number of ether oxygens (including phenoxy) is 2. The molecule has 0 saturated heterocycles. The molecule has 3 rings (SSSR count). The molecule has 0 radical (unpaired) electrons. The molecule has 0 aliphatic heterocycles. The Morgan fingerprint density at radius 3 is 2.59 bits per heavy atom. The number of benzene rings is 2. The number of rotatable bonds is 7. The number of anilines is 1. The number of aromatic nitrogens is 1. The first-order valence-electron chi connectivity index (χ1n) is 8.46. The van der Waals surface area contributed by atoms with Gasteiger partial charge in [-0.05, 0) is 31.2 Å². The van der Waals surface area contributed by atoms with Gasteiger partial charge < -0.3 is 14.8 Å². The van der Waals surface area contributed by atoms with Gasteiger partial charge in [-0.2, -0.15) is 0 Å². The first kappa shape index (κ1) is 20.4. The van der Waals surface area contributed by atoms with Gasteiger partial charge in [0.15, 0.2) is 23.9 Å². The fraction of sp³-hybridized carbons (Fsp3) is 0.150. The fourth-order valence-corrected chi connectivity index (χ4v) is 2.90. The summed E-state index contributed by atoms with van der Waals surface area (Å²) in [5, 5.41) is 4.38. The maximum Gasteiger partial charge on any atom is 0.358 e. The summed E-state index contributed by atoms with van der Waals surface area (Å²) in [4.78, 5) is 27.9. The van der Waals surface area contributed by atoms with E-state index in [9.17, 15) is 18.4 Å². The largest absolute Gasteiger partial charge is 0.486 e. The van der Waals surface area contributed by atoms with Crippen LogP contribution in [0.15, 0.2) is 47.8 Å². The number of nitrogens with zero attached hydrogens (tertiary/aromatic N) is 1. The van der Waals surface area contributed by atoms with E-state index >= 15 is 0 Å². The molecular formula is C20H16F2N2O4S. The van der Waals surface area contributed by atoms with Crippen molar-refractivity contribution in [2.75, 3.05) is 11.9 Å². The minimum absolute atomic E-state index is 0.0501. The molecule has 1 heterocycles. The summed E-state index contributed by atoms with van der Waals surface area (Å²) >= 11 is 1.23. The zero-order valence-electron chi connectivity index (χ0n) is 15.3. The molecule has 9 heteroatoms. The summed E-state index contributed by atoms with van der Waals surface area (Å²) in [5.41, 5.74) is 1.22. The highest BCUT2D eigenvalue weighted by atomic mass is 32.1. The average molecular weight is 418 g/mol. The van der Waals surface area contributed by atoms with Crippen LogP contribution >= 0.6 is 11.3 Å². The van der Waals surface area contributed by atoms with Crippen LogP contribution < -0.4 is 10.1 Å². The third-order valence-electron chi connectivity index (χ3n) is 3.68. The second kappa shape index (κ2) is 9.24. The van der Waals surface area contributed by atoms with E-state index in [1.54, 1.807) is 0 Å². The van der Waals surface area contributed by atoms with E-state index in [1.807, 2.05) is 31.2 Å². The van der Waals surface area contributed by atoms with Crippen LogP contribution in [-0.4, -0.2) is 23.5 Å². The first-order valence-corrected chi connectivity index (χ1v) is 9.34. The number of halogens is 2. The Morgan fingerprint density at radius 2 is 1.86 bits per heavy atom. The van der Waals surface area contributed by atoms with Gasteiger partial charge in [0.2, 0.25) is 0 Å². The first-order chi connectivity index (χ1) is 13.9.